The fourth-order valence-corrected chi connectivity index (χ4v) is 2.97. The van der Waals surface area contributed by atoms with E-state index in [1.54, 1.807) is 30.3 Å². The van der Waals surface area contributed by atoms with Crippen molar-refractivity contribution in [1.29, 1.82) is 0 Å². The van der Waals surface area contributed by atoms with Gasteiger partial charge in [-0.25, -0.2) is 8.42 Å². The van der Waals surface area contributed by atoms with Gasteiger partial charge in [0.05, 0.1) is 11.4 Å². The molecule has 2 amide bonds. The molecule has 2 aromatic rings. The molecule has 0 saturated heterocycles. The Labute approximate surface area is 148 Å². The lowest BCUT2D eigenvalue weighted by Gasteiger charge is -2.08. The quantitative estimate of drug-likeness (QED) is 0.789. The molecule has 2 N–H and O–H groups in total. The second-order valence-corrected chi connectivity index (χ2v) is 7.97. The van der Waals surface area contributed by atoms with Crippen LogP contribution in [-0.2, 0) is 14.6 Å². The number of sulfone groups is 1. The minimum Gasteiger partial charge on any atom is -0.343 e. The number of nitrogens with one attached hydrogen (secondary N) is 2. The van der Waals surface area contributed by atoms with E-state index in [2.05, 4.69) is 26.6 Å². The first-order valence-electron chi connectivity index (χ1n) is 6.89. The molecule has 24 heavy (non-hydrogen) atoms. The van der Waals surface area contributed by atoms with Crippen LogP contribution in [0.25, 0.3) is 0 Å². The summed E-state index contributed by atoms with van der Waals surface area (Å²) in [4.78, 5) is 23.9. The first-order valence-corrected chi connectivity index (χ1v) is 9.58. The van der Waals surface area contributed by atoms with E-state index in [0.29, 0.717) is 11.3 Å². The van der Waals surface area contributed by atoms with Crippen LogP contribution in [-0.4, -0.2) is 33.0 Å². The van der Waals surface area contributed by atoms with E-state index in [1.165, 1.54) is 18.2 Å². The number of hydrogen-bond donors (Lipinski definition) is 2. The molecule has 0 radical (unpaired) electrons. The van der Waals surface area contributed by atoms with Crippen LogP contribution < -0.4 is 10.6 Å². The number of rotatable bonds is 5. The summed E-state index contributed by atoms with van der Waals surface area (Å²) in [6.07, 6.45) is 1.09. The van der Waals surface area contributed by atoms with Gasteiger partial charge in [0.2, 0.25) is 5.91 Å². The predicted octanol–water partition coefficient (Wildman–Crippen LogP) is 2.22. The van der Waals surface area contributed by atoms with Gasteiger partial charge >= 0.3 is 0 Å². The molecule has 0 fully saturated rings. The number of anilines is 1. The van der Waals surface area contributed by atoms with Gasteiger partial charge in [-0.15, -0.1) is 0 Å². The Kier molecular flexibility index (Phi) is 5.74. The Bertz CT molecular complexity index is 881. The molecule has 8 heteroatoms. The van der Waals surface area contributed by atoms with Crippen molar-refractivity contribution in [3.05, 3.63) is 58.6 Å². The van der Waals surface area contributed by atoms with Crippen molar-refractivity contribution < 1.29 is 18.0 Å². The molecule has 2 aromatic carbocycles. The topological polar surface area (TPSA) is 92.3 Å². The Morgan fingerprint density at radius 3 is 2.46 bits per heavy atom. The summed E-state index contributed by atoms with van der Waals surface area (Å²) in [5.41, 5.74) is 0.774. The third kappa shape index (κ3) is 5.17. The Morgan fingerprint density at radius 2 is 1.79 bits per heavy atom. The summed E-state index contributed by atoms with van der Waals surface area (Å²) in [5.74, 6) is -0.833. The molecule has 6 nitrogen and oxygen atoms in total. The molecule has 0 aliphatic carbocycles. The Balaban J connectivity index is 1.95. The molecule has 0 aliphatic rings. The number of carbonyl (C=O) groups excluding carboxylic acids is 2. The van der Waals surface area contributed by atoms with E-state index in [4.69, 9.17) is 0 Å². The fourth-order valence-electron chi connectivity index (χ4n) is 1.90. The van der Waals surface area contributed by atoms with E-state index in [0.717, 1.165) is 10.7 Å². The maximum Gasteiger partial charge on any atom is 0.251 e. The van der Waals surface area contributed by atoms with Gasteiger partial charge in [0, 0.05) is 22.0 Å². The molecule has 0 unspecified atom stereocenters. The Morgan fingerprint density at radius 1 is 1.08 bits per heavy atom. The normalized spacial score (nSPS) is 10.9. The van der Waals surface area contributed by atoms with E-state index in [-0.39, 0.29) is 17.3 Å². The smallest absolute Gasteiger partial charge is 0.251 e. The third-order valence-electron chi connectivity index (χ3n) is 3.04. The van der Waals surface area contributed by atoms with Gasteiger partial charge in [-0.1, -0.05) is 28.1 Å². The number of amides is 2. The number of benzene rings is 2. The van der Waals surface area contributed by atoms with Crippen molar-refractivity contribution in [3.63, 3.8) is 0 Å². The highest BCUT2D eigenvalue weighted by atomic mass is 79.9. The molecule has 0 atom stereocenters. The van der Waals surface area contributed by atoms with Gasteiger partial charge < -0.3 is 10.6 Å². The summed E-state index contributed by atoms with van der Waals surface area (Å²) in [7, 11) is -3.35. The van der Waals surface area contributed by atoms with Gasteiger partial charge in [-0.3, -0.25) is 9.59 Å². The van der Waals surface area contributed by atoms with E-state index < -0.39 is 15.7 Å². The standard InChI is InChI=1S/C16H15BrN2O4S/c1-24(22,23)14-7-3-6-13(9-14)19-15(20)10-18-16(21)11-4-2-5-12(17)8-11/h2-9H,10H2,1H3,(H,18,21)(H,19,20). The van der Waals surface area contributed by atoms with Gasteiger partial charge in [0.25, 0.3) is 5.91 Å². The molecule has 126 valence electrons. The SMILES string of the molecule is CS(=O)(=O)c1cccc(NC(=O)CNC(=O)c2cccc(Br)c2)c1. The van der Waals surface area contributed by atoms with Crippen LogP contribution in [0.2, 0.25) is 0 Å². The molecule has 2 rings (SSSR count). The summed E-state index contributed by atoms with van der Waals surface area (Å²) in [6.45, 7) is -0.228. The van der Waals surface area contributed by atoms with Gasteiger partial charge in [0.15, 0.2) is 9.84 Å². The van der Waals surface area contributed by atoms with Crippen molar-refractivity contribution in [2.75, 3.05) is 18.1 Å². The highest BCUT2D eigenvalue weighted by Crippen LogP contribution is 2.15. The number of hydrogen-bond acceptors (Lipinski definition) is 4. The summed E-state index contributed by atoms with van der Waals surface area (Å²) >= 11 is 3.27. The third-order valence-corrected chi connectivity index (χ3v) is 4.65. The first kappa shape index (κ1) is 18.2. The van der Waals surface area contributed by atoms with Gasteiger partial charge in [-0.05, 0) is 36.4 Å². The average molecular weight is 411 g/mol. The molecule has 0 aromatic heterocycles. The van der Waals surface area contributed by atoms with E-state index in [1.807, 2.05) is 0 Å². The molecular formula is C16H15BrN2O4S. The Hall–Kier alpha value is -2.19. The van der Waals surface area contributed by atoms with Crippen LogP contribution in [0.15, 0.2) is 57.9 Å². The van der Waals surface area contributed by atoms with Crippen molar-refractivity contribution in [3.8, 4) is 0 Å². The zero-order valence-corrected chi connectivity index (χ0v) is 15.1. The second-order valence-electron chi connectivity index (χ2n) is 5.04. The van der Waals surface area contributed by atoms with Gasteiger partial charge in [0.1, 0.15) is 0 Å². The molecule has 0 saturated carbocycles. The van der Waals surface area contributed by atoms with Crippen molar-refractivity contribution >= 4 is 43.3 Å². The predicted molar refractivity (Wildman–Crippen MR) is 94.7 cm³/mol. The van der Waals surface area contributed by atoms with E-state index in [9.17, 15) is 18.0 Å². The van der Waals surface area contributed by atoms with E-state index >= 15 is 0 Å². The maximum absolute atomic E-state index is 11.9. The van der Waals surface area contributed by atoms with Crippen molar-refractivity contribution in [1.82, 2.24) is 5.32 Å². The summed E-state index contributed by atoms with van der Waals surface area (Å²) in [5, 5.41) is 5.05. The number of carbonyl (C=O) groups is 2. The molecule has 0 spiro atoms. The van der Waals surface area contributed by atoms with Crippen LogP contribution in [0.3, 0.4) is 0 Å². The van der Waals surface area contributed by atoms with Crippen molar-refractivity contribution in [2.24, 2.45) is 0 Å². The summed E-state index contributed by atoms with van der Waals surface area (Å²) < 4.78 is 23.8. The van der Waals surface area contributed by atoms with Crippen LogP contribution in [0, 0.1) is 0 Å². The lowest BCUT2D eigenvalue weighted by molar-refractivity contribution is -0.115. The van der Waals surface area contributed by atoms with Crippen LogP contribution in [0.1, 0.15) is 10.4 Å². The lowest BCUT2D eigenvalue weighted by atomic mass is 10.2. The van der Waals surface area contributed by atoms with Crippen LogP contribution >= 0.6 is 15.9 Å². The highest BCUT2D eigenvalue weighted by Gasteiger charge is 2.11. The minimum absolute atomic E-state index is 0.110. The maximum atomic E-state index is 11.9. The zero-order chi connectivity index (χ0) is 17.7. The second kappa shape index (κ2) is 7.59. The van der Waals surface area contributed by atoms with Crippen LogP contribution in [0.4, 0.5) is 5.69 Å². The summed E-state index contributed by atoms with van der Waals surface area (Å²) in [6, 6.07) is 12.7. The fraction of sp³-hybridized carbons (Fsp3) is 0.125. The highest BCUT2D eigenvalue weighted by molar-refractivity contribution is 9.10. The van der Waals surface area contributed by atoms with Crippen molar-refractivity contribution in [2.45, 2.75) is 4.90 Å². The minimum atomic E-state index is -3.35. The monoisotopic (exact) mass is 410 g/mol. The number of halogens is 1. The molecule has 0 aliphatic heterocycles. The van der Waals surface area contributed by atoms with Crippen LogP contribution in [0.5, 0.6) is 0 Å². The molecular weight excluding hydrogens is 396 g/mol. The molecule has 0 heterocycles. The zero-order valence-electron chi connectivity index (χ0n) is 12.7. The lowest BCUT2D eigenvalue weighted by Crippen LogP contribution is -2.32. The molecule has 0 bridgehead atoms. The average Bonchev–Trinajstić information content (AvgIpc) is 2.52. The largest absolute Gasteiger partial charge is 0.343 e. The van der Waals surface area contributed by atoms with Gasteiger partial charge in [-0.2, -0.15) is 0 Å². The first-order chi connectivity index (χ1) is 11.3.